The number of fused-ring (bicyclic) bond motifs is 1. The molecule has 2 aromatic rings. The summed E-state index contributed by atoms with van der Waals surface area (Å²) in [4.78, 5) is 10.5. The molecule has 0 unspecified atom stereocenters. The SMILES string of the molecule is CN(CCC(=O)O)S(=O)(=O)Cc1ccc2ccccc2c1. The highest BCUT2D eigenvalue weighted by Crippen LogP contribution is 2.18. The van der Waals surface area contributed by atoms with E-state index in [1.54, 1.807) is 6.07 Å². The number of carboxylic acid groups (broad SMARTS) is 1. The highest BCUT2D eigenvalue weighted by molar-refractivity contribution is 7.88. The topological polar surface area (TPSA) is 74.7 Å². The van der Waals surface area contributed by atoms with Gasteiger partial charge < -0.3 is 5.11 Å². The molecule has 0 fully saturated rings. The molecule has 21 heavy (non-hydrogen) atoms. The van der Waals surface area contributed by atoms with E-state index in [2.05, 4.69) is 0 Å². The highest BCUT2D eigenvalue weighted by atomic mass is 32.2. The van der Waals surface area contributed by atoms with Gasteiger partial charge in [-0.05, 0) is 16.3 Å². The van der Waals surface area contributed by atoms with Crippen molar-refractivity contribution >= 4 is 26.8 Å². The summed E-state index contributed by atoms with van der Waals surface area (Å²) in [6.07, 6.45) is -0.201. The second-order valence-corrected chi connectivity index (χ2v) is 6.98. The van der Waals surface area contributed by atoms with Crippen molar-refractivity contribution in [3.05, 3.63) is 48.0 Å². The Morgan fingerprint density at radius 1 is 1.14 bits per heavy atom. The van der Waals surface area contributed by atoms with Crippen molar-refractivity contribution in [2.24, 2.45) is 0 Å². The van der Waals surface area contributed by atoms with Crippen molar-refractivity contribution in [2.45, 2.75) is 12.2 Å². The molecule has 0 radical (unpaired) electrons. The average Bonchev–Trinajstić information content (AvgIpc) is 2.44. The number of hydrogen-bond donors (Lipinski definition) is 1. The number of sulfonamides is 1. The maximum atomic E-state index is 12.2. The monoisotopic (exact) mass is 307 g/mol. The first-order valence-electron chi connectivity index (χ1n) is 6.52. The summed E-state index contributed by atoms with van der Waals surface area (Å²) in [5.74, 6) is -1.14. The summed E-state index contributed by atoms with van der Waals surface area (Å²) >= 11 is 0. The van der Waals surface area contributed by atoms with Crippen molar-refractivity contribution in [1.29, 1.82) is 0 Å². The van der Waals surface area contributed by atoms with Crippen molar-refractivity contribution in [1.82, 2.24) is 4.31 Å². The lowest BCUT2D eigenvalue weighted by molar-refractivity contribution is -0.137. The minimum absolute atomic E-state index is 0.0226. The number of hydrogen-bond acceptors (Lipinski definition) is 3. The zero-order chi connectivity index (χ0) is 15.5. The molecule has 0 aliphatic carbocycles. The fourth-order valence-corrected chi connectivity index (χ4v) is 3.23. The molecule has 0 saturated heterocycles. The van der Waals surface area contributed by atoms with Crippen LogP contribution in [0.2, 0.25) is 0 Å². The molecule has 0 aliphatic heterocycles. The first-order chi connectivity index (χ1) is 9.88. The van der Waals surface area contributed by atoms with Crippen LogP contribution in [0.5, 0.6) is 0 Å². The molecule has 0 spiro atoms. The predicted molar refractivity (Wildman–Crippen MR) is 81.5 cm³/mol. The molecule has 112 valence electrons. The molecular formula is C15H17NO4S. The van der Waals surface area contributed by atoms with Crippen LogP contribution in [0.1, 0.15) is 12.0 Å². The van der Waals surface area contributed by atoms with Gasteiger partial charge in [0.15, 0.2) is 0 Å². The minimum atomic E-state index is -3.51. The molecule has 0 saturated carbocycles. The number of rotatable bonds is 6. The summed E-state index contributed by atoms with van der Waals surface area (Å²) in [6, 6.07) is 13.2. The van der Waals surface area contributed by atoms with E-state index in [9.17, 15) is 13.2 Å². The largest absolute Gasteiger partial charge is 0.481 e. The Kier molecular flexibility index (Phi) is 4.59. The van der Waals surface area contributed by atoms with Gasteiger partial charge >= 0.3 is 5.97 Å². The number of carbonyl (C=O) groups is 1. The van der Waals surface area contributed by atoms with Gasteiger partial charge in [-0.3, -0.25) is 4.79 Å². The molecule has 0 amide bonds. The highest BCUT2D eigenvalue weighted by Gasteiger charge is 2.19. The second-order valence-electron chi connectivity index (χ2n) is 4.90. The number of aliphatic carboxylic acids is 1. The van der Waals surface area contributed by atoms with Gasteiger partial charge in [0.05, 0.1) is 12.2 Å². The molecule has 0 aliphatic rings. The van der Waals surface area contributed by atoms with Crippen LogP contribution in [-0.4, -0.2) is 37.4 Å². The first kappa shape index (κ1) is 15.5. The van der Waals surface area contributed by atoms with E-state index in [-0.39, 0.29) is 18.7 Å². The van der Waals surface area contributed by atoms with E-state index >= 15 is 0 Å². The number of nitrogens with zero attached hydrogens (tertiary/aromatic N) is 1. The van der Waals surface area contributed by atoms with E-state index in [0.29, 0.717) is 5.56 Å². The predicted octanol–water partition coefficient (Wildman–Crippen LogP) is 2.08. The van der Waals surface area contributed by atoms with Crippen LogP contribution in [-0.2, 0) is 20.6 Å². The van der Waals surface area contributed by atoms with Gasteiger partial charge in [-0.2, -0.15) is 0 Å². The van der Waals surface area contributed by atoms with Crippen LogP contribution in [0.3, 0.4) is 0 Å². The Labute approximate surface area is 123 Å². The molecule has 6 heteroatoms. The van der Waals surface area contributed by atoms with Gasteiger partial charge in [0.2, 0.25) is 10.0 Å². The van der Waals surface area contributed by atoms with Crippen LogP contribution in [0.15, 0.2) is 42.5 Å². The maximum absolute atomic E-state index is 12.2. The van der Waals surface area contributed by atoms with Gasteiger partial charge in [0, 0.05) is 13.6 Å². The lowest BCUT2D eigenvalue weighted by Crippen LogP contribution is -2.30. The molecule has 2 rings (SSSR count). The van der Waals surface area contributed by atoms with Crippen LogP contribution in [0, 0.1) is 0 Å². The Balaban J connectivity index is 2.16. The Morgan fingerprint density at radius 3 is 2.48 bits per heavy atom. The van der Waals surface area contributed by atoms with Crippen molar-refractivity contribution in [3.8, 4) is 0 Å². The normalized spacial score (nSPS) is 11.9. The Bertz CT molecular complexity index is 755. The molecule has 1 N–H and O–H groups in total. The Morgan fingerprint density at radius 2 is 1.81 bits per heavy atom. The summed E-state index contributed by atoms with van der Waals surface area (Å²) in [6.45, 7) is -0.0226. The smallest absolute Gasteiger partial charge is 0.304 e. The van der Waals surface area contributed by atoms with Gasteiger partial charge in [-0.1, -0.05) is 42.5 Å². The standard InChI is InChI=1S/C15H17NO4S/c1-16(9-8-15(17)18)21(19,20)11-12-6-7-13-4-2-3-5-14(13)10-12/h2-7,10H,8-9,11H2,1H3,(H,17,18). The van der Waals surface area contributed by atoms with Crippen LogP contribution < -0.4 is 0 Å². The zero-order valence-corrected chi connectivity index (χ0v) is 12.5. The van der Waals surface area contributed by atoms with Crippen molar-refractivity contribution in [2.75, 3.05) is 13.6 Å². The van der Waals surface area contributed by atoms with Gasteiger partial charge in [-0.15, -0.1) is 0 Å². The van der Waals surface area contributed by atoms with Crippen molar-refractivity contribution in [3.63, 3.8) is 0 Å². The fourth-order valence-electron chi connectivity index (χ4n) is 2.04. The summed E-state index contributed by atoms with van der Waals surface area (Å²) in [7, 11) is -2.11. The van der Waals surface area contributed by atoms with Crippen LogP contribution >= 0.6 is 0 Å². The van der Waals surface area contributed by atoms with Gasteiger partial charge in [0.1, 0.15) is 0 Å². The van der Waals surface area contributed by atoms with Crippen molar-refractivity contribution < 1.29 is 18.3 Å². The third kappa shape index (κ3) is 4.03. The molecule has 0 atom stereocenters. The zero-order valence-electron chi connectivity index (χ0n) is 11.7. The summed E-state index contributed by atoms with van der Waals surface area (Å²) in [5, 5.41) is 10.7. The van der Waals surface area contributed by atoms with E-state index in [1.165, 1.54) is 7.05 Å². The molecule has 0 bridgehead atoms. The first-order valence-corrected chi connectivity index (χ1v) is 8.13. The maximum Gasteiger partial charge on any atom is 0.304 e. The van der Waals surface area contributed by atoms with E-state index in [1.807, 2.05) is 36.4 Å². The summed E-state index contributed by atoms with van der Waals surface area (Å²) in [5.41, 5.74) is 0.691. The van der Waals surface area contributed by atoms with Gasteiger partial charge in [0.25, 0.3) is 0 Å². The average molecular weight is 307 g/mol. The molecule has 0 aromatic heterocycles. The molecule has 2 aromatic carbocycles. The van der Waals surface area contributed by atoms with Crippen LogP contribution in [0.25, 0.3) is 10.8 Å². The second kappa shape index (κ2) is 6.24. The van der Waals surface area contributed by atoms with Gasteiger partial charge in [-0.25, -0.2) is 12.7 Å². The van der Waals surface area contributed by atoms with E-state index in [4.69, 9.17) is 5.11 Å². The van der Waals surface area contributed by atoms with E-state index in [0.717, 1.165) is 15.1 Å². The summed E-state index contributed by atoms with van der Waals surface area (Å²) < 4.78 is 25.5. The van der Waals surface area contributed by atoms with Crippen LogP contribution in [0.4, 0.5) is 0 Å². The number of benzene rings is 2. The van der Waals surface area contributed by atoms with E-state index < -0.39 is 16.0 Å². The molecule has 0 heterocycles. The third-order valence-corrected chi connectivity index (χ3v) is 5.11. The minimum Gasteiger partial charge on any atom is -0.481 e. The fraction of sp³-hybridized carbons (Fsp3) is 0.267. The molecule has 5 nitrogen and oxygen atoms in total. The lowest BCUT2D eigenvalue weighted by Gasteiger charge is -2.16. The molecular weight excluding hydrogens is 290 g/mol. The number of carboxylic acids is 1. The lowest BCUT2D eigenvalue weighted by atomic mass is 10.1. The third-order valence-electron chi connectivity index (χ3n) is 3.28. The quantitative estimate of drug-likeness (QED) is 0.886. The Hall–Kier alpha value is -1.92.